The van der Waals surface area contributed by atoms with Crippen molar-refractivity contribution in [2.45, 2.75) is 0 Å². The Morgan fingerprint density at radius 3 is 2.45 bits per heavy atom. The minimum atomic E-state index is -0.470. The molecule has 0 aliphatic rings. The maximum atomic E-state index is 12.6. The summed E-state index contributed by atoms with van der Waals surface area (Å²) in [5.74, 6) is -0.382. The highest BCUT2D eigenvalue weighted by Crippen LogP contribution is 2.17. The Morgan fingerprint density at radius 1 is 1.14 bits per heavy atom. The number of nitrogens with zero attached hydrogens (tertiary/aromatic N) is 2. The highest BCUT2D eigenvalue weighted by Gasteiger charge is 2.16. The third-order valence-corrected chi connectivity index (χ3v) is 3.54. The number of nitrogens with one attached hydrogen (secondary N) is 1. The van der Waals surface area contributed by atoms with Gasteiger partial charge in [0, 0.05) is 31.0 Å². The molecule has 3 N–H and O–H groups in total. The van der Waals surface area contributed by atoms with E-state index in [1.807, 2.05) is 31.1 Å². The molecule has 0 unspecified atom stereocenters. The lowest BCUT2D eigenvalue weighted by atomic mass is 10.2. The second-order valence-corrected chi connectivity index (χ2v) is 5.29. The van der Waals surface area contributed by atoms with Gasteiger partial charge in [0.05, 0.1) is 11.0 Å². The fraction of sp³-hybridized carbons (Fsp3) is 0.125. The quantitative estimate of drug-likeness (QED) is 0.704. The van der Waals surface area contributed by atoms with Gasteiger partial charge >= 0.3 is 5.69 Å². The summed E-state index contributed by atoms with van der Waals surface area (Å²) < 4.78 is 1.11. The summed E-state index contributed by atoms with van der Waals surface area (Å²) in [5, 5.41) is 0. The number of nitrogens with two attached hydrogens (primary N) is 1. The third-order valence-electron chi connectivity index (χ3n) is 3.54. The van der Waals surface area contributed by atoms with Crippen molar-refractivity contribution >= 4 is 28.3 Å². The van der Waals surface area contributed by atoms with Gasteiger partial charge in [-0.1, -0.05) is 0 Å². The van der Waals surface area contributed by atoms with Gasteiger partial charge in [-0.2, -0.15) is 0 Å². The fourth-order valence-electron chi connectivity index (χ4n) is 2.35. The van der Waals surface area contributed by atoms with Crippen molar-refractivity contribution in [3.05, 3.63) is 58.5 Å². The van der Waals surface area contributed by atoms with Crippen LogP contribution in [0.2, 0.25) is 0 Å². The number of imidazole rings is 1. The molecule has 0 spiro atoms. The van der Waals surface area contributed by atoms with Crippen molar-refractivity contribution in [2.75, 3.05) is 24.7 Å². The zero-order valence-electron chi connectivity index (χ0n) is 12.3. The number of H-pyrrole nitrogens is 1. The number of benzene rings is 2. The number of hydrogen-bond acceptors (Lipinski definition) is 4. The number of hydrogen-bond donors (Lipinski definition) is 2. The van der Waals surface area contributed by atoms with Gasteiger partial charge in [-0.15, -0.1) is 0 Å². The van der Waals surface area contributed by atoms with E-state index in [9.17, 15) is 9.59 Å². The number of nitrogen functional groups attached to an aromatic ring is 1. The highest BCUT2D eigenvalue weighted by atomic mass is 16.2. The van der Waals surface area contributed by atoms with E-state index in [1.165, 1.54) is 0 Å². The van der Waals surface area contributed by atoms with Gasteiger partial charge in [0.25, 0.3) is 5.91 Å². The average Bonchev–Trinajstić information content (AvgIpc) is 2.82. The van der Waals surface area contributed by atoms with Crippen LogP contribution in [0.4, 0.5) is 11.4 Å². The van der Waals surface area contributed by atoms with Crippen LogP contribution in [-0.4, -0.2) is 29.6 Å². The minimum absolute atomic E-state index is 0.382. The first-order chi connectivity index (χ1) is 10.5. The standard InChI is InChI=1S/C16H16N4O2/c1-19(2)12-6-3-10(4-7-12)15(21)20-14-9-11(17)5-8-13(14)18-16(20)22/h3-9H,17H2,1-2H3,(H,18,22). The van der Waals surface area contributed by atoms with Crippen molar-refractivity contribution in [2.24, 2.45) is 0 Å². The van der Waals surface area contributed by atoms with Crippen molar-refractivity contribution in [1.82, 2.24) is 9.55 Å². The zero-order chi connectivity index (χ0) is 15.9. The van der Waals surface area contributed by atoms with E-state index in [0.29, 0.717) is 22.3 Å². The second kappa shape index (κ2) is 5.07. The van der Waals surface area contributed by atoms with Crippen LogP contribution in [0.25, 0.3) is 11.0 Å². The van der Waals surface area contributed by atoms with Crippen LogP contribution in [-0.2, 0) is 0 Å². The van der Waals surface area contributed by atoms with Crippen molar-refractivity contribution < 1.29 is 4.79 Å². The molecule has 0 atom stereocenters. The summed E-state index contributed by atoms with van der Waals surface area (Å²) in [6.45, 7) is 0. The van der Waals surface area contributed by atoms with Gasteiger partial charge in [-0.3, -0.25) is 4.79 Å². The Balaban J connectivity index is 2.10. The zero-order valence-corrected chi connectivity index (χ0v) is 12.3. The van der Waals surface area contributed by atoms with Gasteiger partial charge in [-0.05, 0) is 42.5 Å². The molecule has 0 aliphatic carbocycles. The van der Waals surface area contributed by atoms with Gasteiger partial charge in [0.1, 0.15) is 0 Å². The summed E-state index contributed by atoms with van der Waals surface area (Å²) >= 11 is 0. The molecule has 0 saturated heterocycles. The first-order valence-corrected chi connectivity index (χ1v) is 6.80. The summed E-state index contributed by atoms with van der Waals surface area (Å²) in [7, 11) is 3.84. The molecule has 0 amide bonds. The number of carbonyl (C=O) groups is 1. The lowest BCUT2D eigenvalue weighted by molar-refractivity contribution is 0.0961. The maximum Gasteiger partial charge on any atom is 0.333 e. The predicted octanol–water partition coefficient (Wildman–Crippen LogP) is 1.67. The van der Waals surface area contributed by atoms with Gasteiger partial charge in [0.15, 0.2) is 0 Å². The number of aromatic nitrogens is 2. The molecular weight excluding hydrogens is 280 g/mol. The molecule has 0 saturated carbocycles. The average molecular weight is 296 g/mol. The molecule has 0 aliphatic heterocycles. The van der Waals surface area contributed by atoms with E-state index < -0.39 is 5.69 Å². The van der Waals surface area contributed by atoms with Crippen LogP contribution < -0.4 is 16.3 Å². The molecule has 3 aromatic rings. The van der Waals surface area contributed by atoms with Crippen molar-refractivity contribution in [3.63, 3.8) is 0 Å². The lowest BCUT2D eigenvalue weighted by Gasteiger charge is -2.12. The fourth-order valence-corrected chi connectivity index (χ4v) is 2.35. The van der Waals surface area contributed by atoms with E-state index >= 15 is 0 Å². The van der Waals surface area contributed by atoms with E-state index in [1.54, 1.807) is 30.3 Å². The van der Waals surface area contributed by atoms with Gasteiger partial charge in [-0.25, -0.2) is 9.36 Å². The molecule has 3 rings (SSSR count). The van der Waals surface area contributed by atoms with Crippen LogP contribution in [0.1, 0.15) is 10.4 Å². The topological polar surface area (TPSA) is 84.1 Å². The first-order valence-electron chi connectivity index (χ1n) is 6.80. The lowest BCUT2D eigenvalue weighted by Crippen LogP contribution is -2.24. The Kier molecular flexibility index (Phi) is 3.21. The van der Waals surface area contributed by atoms with Crippen LogP contribution in [0.5, 0.6) is 0 Å². The van der Waals surface area contributed by atoms with Crippen LogP contribution in [0.3, 0.4) is 0 Å². The Hall–Kier alpha value is -3.02. The minimum Gasteiger partial charge on any atom is -0.399 e. The third kappa shape index (κ3) is 2.24. The second-order valence-electron chi connectivity index (χ2n) is 5.29. The number of rotatable bonds is 2. The largest absolute Gasteiger partial charge is 0.399 e. The number of anilines is 2. The Labute approximate surface area is 126 Å². The van der Waals surface area contributed by atoms with E-state index in [4.69, 9.17) is 5.73 Å². The van der Waals surface area contributed by atoms with Crippen LogP contribution in [0, 0.1) is 0 Å². The molecule has 22 heavy (non-hydrogen) atoms. The van der Waals surface area contributed by atoms with Crippen molar-refractivity contribution in [1.29, 1.82) is 0 Å². The van der Waals surface area contributed by atoms with Crippen molar-refractivity contribution in [3.8, 4) is 0 Å². The molecule has 1 aromatic heterocycles. The van der Waals surface area contributed by atoms with Gasteiger partial charge in [0.2, 0.25) is 0 Å². The van der Waals surface area contributed by atoms with E-state index in [0.717, 1.165) is 10.3 Å². The summed E-state index contributed by atoms with van der Waals surface area (Å²) in [4.78, 5) is 29.3. The van der Waals surface area contributed by atoms with Gasteiger partial charge < -0.3 is 15.6 Å². The predicted molar refractivity (Wildman–Crippen MR) is 87.5 cm³/mol. The number of aromatic amines is 1. The Bertz CT molecular complexity index is 904. The number of carbonyl (C=O) groups excluding carboxylic acids is 1. The van der Waals surface area contributed by atoms with E-state index in [2.05, 4.69) is 4.98 Å². The summed E-state index contributed by atoms with van der Waals surface area (Å²) in [5.41, 5.74) is 8.25. The summed E-state index contributed by atoms with van der Waals surface area (Å²) in [6.07, 6.45) is 0. The molecule has 0 bridgehead atoms. The maximum absolute atomic E-state index is 12.6. The molecule has 0 fully saturated rings. The molecule has 0 radical (unpaired) electrons. The normalized spacial score (nSPS) is 10.8. The molecule has 2 aromatic carbocycles. The number of fused-ring (bicyclic) bond motifs is 1. The van der Waals surface area contributed by atoms with Crippen LogP contribution in [0.15, 0.2) is 47.3 Å². The summed E-state index contributed by atoms with van der Waals surface area (Å²) in [6, 6.07) is 12.1. The SMILES string of the molecule is CN(C)c1ccc(C(=O)n2c(=O)[nH]c3ccc(N)cc32)cc1. The molecule has 6 nitrogen and oxygen atoms in total. The van der Waals surface area contributed by atoms with E-state index in [-0.39, 0.29) is 5.91 Å². The Morgan fingerprint density at radius 2 is 1.82 bits per heavy atom. The smallest absolute Gasteiger partial charge is 0.333 e. The molecule has 112 valence electrons. The van der Waals surface area contributed by atoms with Crippen LogP contribution >= 0.6 is 0 Å². The molecule has 6 heteroatoms. The highest BCUT2D eigenvalue weighted by molar-refractivity contribution is 6.01. The first kappa shape index (κ1) is 13.9. The molecular formula is C16H16N4O2. The monoisotopic (exact) mass is 296 g/mol. The molecule has 1 heterocycles.